The van der Waals surface area contributed by atoms with E-state index in [0.717, 1.165) is 33.2 Å². The van der Waals surface area contributed by atoms with E-state index in [1.165, 1.54) is 0 Å². The number of aryl methyl sites for hydroxylation is 1. The fourth-order valence-corrected chi connectivity index (χ4v) is 2.06. The Labute approximate surface area is 96.8 Å². The molecular formula is C11H12BrN3. The molecular weight excluding hydrogens is 254 g/mol. The third-order valence-corrected chi connectivity index (χ3v) is 3.07. The number of halogens is 1. The Hall–Kier alpha value is -1.13. The fraction of sp³-hybridized carbons (Fsp3) is 0.182. The van der Waals surface area contributed by atoms with Crippen LogP contribution in [0.4, 0.5) is 5.69 Å². The topological polar surface area (TPSA) is 50.9 Å². The highest BCUT2D eigenvalue weighted by molar-refractivity contribution is 9.10. The zero-order chi connectivity index (χ0) is 10.8. The molecule has 0 fully saturated rings. The first-order chi connectivity index (χ1) is 7.26. The Morgan fingerprint density at radius 1 is 1.47 bits per heavy atom. The number of benzene rings is 1. The summed E-state index contributed by atoms with van der Waals surface area (Å²) < 4.78 is 1.03. The van der Waals surface area contributed by atoms with E-state index in [0.29, 0.717) is 0 Å². The van der Waals surface area contributed by atoms with E-state index < -0.39 is 0 Å². The molecule has 0 unspecified atom stereocenters. The maximum atomic E-state index is 5.46. The molecule has 3 N–H and O–H groups in total. The van der Waals surface area contributed by atoms with Gasteiger partial charge in [0.2, 0.25) is 0 Å². The highest BCUT2D eigenvalue weighted by Crippen LogP contribution is 2.26. The highest BCUT2D eigenvalue weighted by atomic mass is 79.9. The average Bonchev–Trinajstić information content (AvgIpc) is 2.28. The van der Waals surface area contributed by atoms with Gasteiger partial charge in [0.15, 0.2) is 0 Å². The minimum Gasteiger partial charge on any atom is -0.322 e. The molecule has 0 atom stereocenters. The Bertz CT molecular complexity index is 496. The molecule has 2 rings (SSSR count). The molecule has 1 aromatic heterocycles. The zero-order valence-electron chi connectivity index (χ0n) is 8.42. The number of hydrogen-bond donors (Lipinski definition) is 2. The number of nitrogens with two attached hydrogens (primary N) is 1. The van der Waals surface area contributed by atoms with Crippen molar-refractivity contribution in [1.82, 2.24) is 4.98 Å². The summed E-state index contributed by atoms with van der Waals surface area (Å²) in [5.74, 6) is 5.46. The number of hydrogen-bond acceptors (Lipinski definition) is 3. The SMILES string of the molecule is CCc1nc2cccc(Br)c2cc1NN. The van der Waals surface area contributed by atoms with Crippen LogP contribution in [0.1, 0.15) is 12.6 Å². The van der Waals surface area contributed by atoms with Crippen LogP contribution in [0.2, 0.25) is 0 Å². The van der Waals surface area contributed by atoms with E-state index in [9.17, 15) is 0 Å². The number of pyridine rings is 1. The van der Waals surface area contributed by atoms with Crippen molar-refractivity contribution in [2.24, 2.45) is 5.84 Å². The van der Waals surface area contributed by atoms with E-state index in [-0.39, 0.29) is 0 Å². The van der Waals surface area contributed by atoms with E-state index in [4.69, 9.17) is 5.84 Å². The van der Waals surface area contributed by atoms with Crippen molar-refractivity contribution in [1.29, 1.82) is 0 Å². The molecule has 0 saturated carbocycles. The Morgan fingerprint density at radius 3 is 2.93 bits per heavy atom. The van der Waals surface area contributed by atoms with E-state index in [2.05, 4.69) is 33.3 Å². The van der Waals surface area contributed by atoms with Crippen LogP contribution < -0.4 is 11.3 Å². The molecule has 0 aliphatic heterocycles. The maximum Gasteiger partial charge on any atom is 0.0718 e. The number of anilines is 1. The number of aromatic nitrogens is 1. The summed E-state index contributed by atoms with van der Waals surface area (Å²) in [6.07, 6.45) is 0.863. The first-order valence-corrected chi connectivity index (χ1v) is 5.60. The van der Waals surface area contributed by atoms with Crippen molar-refractivity contribution < 1.29 is 0 Å². The lowest BCUT2D eigenvalue weighted by Crippen LogP contribution is -2.10. The van der Waals surface area contributed by atoms with Gasteiger partial charge in [0, 0.05) is 9.86 Å². The lowest BCUT2D eigenvalue weighted by Gasteiger charge is -2.09. The third kappa shape index (κ3) is 1.82. The second-order valence-corrected chi connectivity index (χ2v) is 4.14. The summed E-state index contributed by atoms with van der Waals surface area (Å²) in [6.45, 7) is 2.06. The standard InChI is InChI=1S/C11H12BrN3/c1-2-9-11(15-13)6-7-8(12)4-3-5-10(7)14-9/h3-6,15H,2,13H2,1H3. The summed E-state index contributed by atoms with van der Waals surface area (Å²) in [6, 6.07) is 8.00. The summed E-state index contributed by atoms with van der Waals surface area (Å²) in [4.78, 5) is 4.55. The molecule has 78 valence electrons. The molecule has 15 heavy (non-hydrogen) atoms. The number of fused-ring (bicyclic) bond motifs is 1. The smallest absolute Gasteiger partial charge is 0.0718 e. The van der Waals surface area contributed by atoms with Crippen LogP contribution in [0.3, 0.4) is 0 Å². The second-order valence-electron chi connectivity index (χ2n) is 3.29. The van der Waals surface area contributed by atoms with Crippen LogP contribution in [0, 0.1) is 0 Å². The molecule has 0 spiro atoms. The average molecular weight is 266 g/mol. The van der Waals surface area contributed by atoms with Crippen molar-refractivity contribution in [2.45, 2.75) is 13.3 Å². The summed E-state index contributed by atoms with van der Waals surface area (Å²) >= 11 is 3.50. The predicted octanol–water partition coefficient (Wildman–Crippen LogP) is 2.85. The molecule has 0 aliphatic rings. The summed E-state index contributed by atoms with van der Waals surface area (Å²) in [5, 5.41) is 1.07. The van der Waals surface area contributed by atoms with Crippen molar-refractivity contribution in [2.75, 3.05) is 5.43 Å². The molecule has 3 nitrogen and oxygen atoms in total. The molecule has 0 aliphatic carbocycles. The molecule has 1 heterocycles. The van der Waals surface area contributed by atoms with Crippen molar-refractivity contribution >= 4 is 32.5 Å². The number of rotatable bonds is 2. The van der Waals surface area contributed by atoms with Gasteiger partial charge in [0.05, 0.1) is 16.9 Å². The van der Waals surface area contributed by atoms with Crippen LogP contribution in [-0.2, 0) is 6.42 Å². The second kappa shape index (κ2) is 4.16. The Balaban J connectivity index is 2.75. The normalized spacial score (nSPS) is 10.6. The van der Waals surface area contributed by atoms with Crippen LogP contribution in [0.15, 0.2) is 28.7 Å². The van der Waals surface area contributed by atoms with Gasteiger partial charge in [-0.2, -0.15) is 0 Å². The van der Waals surface area contributed by atoms with Gasteiger partial charge in [-0.3, -0.25) is 10.8 Å². The van der Waals surface area contributed by atoms with Crippen LogP contribution in [-0.4, -0.2) is 4.98 Å². The molecule has 2 aromatic rings. The summed E-state index contributed by atoms with van der Waals surface area (Å²) in [5.41, 5.74) is 5.54. The van der Waals surface area contributed by atoms with Crippen LogP contribution in [0.25, 0.3) is 10.9 Å². The largest absolute Gasteiger partial charge is 0.322 e. The number of nitrogens with one attached hydrogen (secondary N) is 1. The van der Waals surface area contributed by atoms with Gasteiger partial charge in [-0.15, -0.1) is 0 Å². The first-order valence-electron chi connectivity index (χ1n) is 4.81. The number of nitrogen functional groups attached to an aromatic ring is 1. The predicted molar refractivity (Wildman–Crippen MR) is 66.6 cm³/mol. The Morgan fingerprint density at radius 2 is 2.27 bits per heavy atom. The molecule has 0 amide bonds. The lowest BCUT2D eigenvalue weighted by molar-refractivity contribution is 1.05. The fourth-order valence-electron chi connectivity index (χ4n) is 1.59. The van der Waals surface area contributed by atoms with E-state index >= 15 is 0 Å². The summed E-state index contributed by atoms with van der Waals surface area (Å²) in [7, 11) is 0. The molecule has 0 radical (unpaired) electrons. The monoisotopic (exact) mass is 265 g/mol. The van der Waals surface area contributed by atoms with Gasteiger partial charge in [-0.05, 0) is 24.6 Å². The molecule has 0 saturated heterocycles. The van der Waals surface area contributed by atoms with Gasteiger partial charge in [-0.1, -0.05) is 28.9 Å². The van der Waals surface area contributed by atoms with Crippen molar-refractivity contribution in [3.05, 3.63) is 34.4 Å². The minimum atomic E-state index is 0.863. The maximum absolute atomic E-state index is 5.46. The quantitative estimate of drug-likeness (QED) is 0.649. The van der Waals surface area contributed by atoms with Gasteiger partial charge in [0.25, 0.3) is 0 Å². The lowest BCUT2D eigenvalue weighted by atomic mass is 10.1. The van der Waals surface area contributed by atoms with Gasteiger partial charge >= 0.3 is 0 Å². The third-order valence-electron chi connectivity index (χ3n) is 2.38. The van der Waals surface area contributed by atoms with E-state index in [1.54, 1.807) is 0 Å². The van der Waals surface area contributed by atoms with E-state index in [1.807, 2.05) is 24.3 Å². The minimum absolute atomic E-state index is 0.863. The molecule has 4 heteroatoms. The highest BCUT2D eigenvalue weighted by Gasteiger charge is 2.05. The number of nitrogens with zero attached hydrogens (tertiary/aromatic N) is 1. The molecule has 1 aromatic carbocycles. The van der Waals surface area contributed by atoms with Crippen molar-refractivity contribution in [3.63, 3.8) is 0 Å². The van der Waals surface area contributed by atoms with Crippen LogP contribution in [0.5, 0.6) is 0 Å². The number of hydrazine groups is 1. The van der Waals surface area contributed by atoms with Crippen LogP contribution >= 0.6 is 15.9 Å². The van der Waals surface area contributed by atoms with Gasteiger partial charge < -0.3 is 5.43 Å². The van der Waals surface area contributed by atoms with Crippen molar-refractivity contribution in [3.8, 4) is 0 Å². The molecule has 0 bridgehead atoms. The van der Waals surface area contributed by atoms with Gasteiger partial charge in [0.1, 0.15) is 0 Å². The van der Waals surface area contributed by atoms with Gasteiger partial charge in [-0.25, -0.2) is 0 Å². The zero-order valence-corrected chi connectivity index (χ0v) is 10.0. The first kappa shape index (κ1) is 10.4. The Kier molecular flexibility index (Phi) is 2.88.